The molecule has 2 aliphatic rings. The van der Waals surface area contributed by atoms with E-state index in [0.717, 1.165) is 23.6 Å². The van der Waals surface area contributed by atoms with Crippen LogP contribution in [0.5, 0.6) is 11.5 Å². The monoisotopic (exact) mass is 382 g/mol. The molecule has 1 amide bonds. The zero-order valence-corrected chi connectivity index (χ0v) is 16.3. The highest BCUT2D eigenvalue weighted by Crippen LogP contribution is 2.33. The molecule has 0 bridgehead atoms. The standard InChI is InChI=1S/C18H26N2O5S/c1-13-5-4-6-14(2)20(13)18(21)12-19(3)26(22,23)15-7-8-16-17(11-15)25-10-9-24-16/h7-8,11,13-14H,4-6,9-10,12H2,1-3H3/t13-,14-/m1/s1. The van der Waals surface area contributed by atoms with Gasteiger partial charge in [0.25, 0.3) is 0 Å². The lowest BCUT2D eigenvalue weighted by molar-refractivity contribution is -0.137. The minimum atomic E-state index is -3.79. The van der Waals surface area contributed by atoms with E-state index >= 15 is 0 Å². The molecule has 2 aliphatic heterocycles. The lowest BCUT2D eigenvalue weighted by Gasteiger charge is -2.39. The van der Waals surface area contributed by atoms with Crippen molar-refractivity contribution >= 4 is 15.9 Å². The smallest absolute Gasteiger partial charge is 0.243 e. The number of ether oxygens (including phenoxy) is 2. The van der Waals surface area contributed by atoms with Crippen molar-refractivity contribution in [2.75, 3.05) is 26.8 Å². The van der Waals surface area contributed by atoms with Gasteiger partial charge in [0, 0.05) is 25.2 Å². The van der Waals surface area contributed by atoms with Crippen molar-refractivity contribution in [3.63, 3.8) is 0 Å². The highest BCUT2D eigenvalue weighted by Gasteiger charge is 2.32. The summed E-state index contributed by atoms with van der Waals surface area (Å²) in [4.78, 5) is 14.6. The number of sulfonamides is 1. The maximum atomic E-state index is 12.9. The van der Waals surface area contributed by atoms with Crippen molar-refractivity contribution < 1.29 is 22.7 Å². The topological polar surface area (TPSA) is 76.2 Å². The van der Waals surface area contributed by atoms with Crippen molar-refractivity contribution in [2.24, 2.45) is 0 Å². The third-order valence-electron chi connectivity index (χ3n) is 5.06. The Morgan fingerprint density at radius 2 is 1.77 bits per heavy atom. The minimum absolute atomic E-state index is 0.0943. The van der Waals surface area contributed by atoms with Gasteiger partial charge in [0.15, 0.2) is 11.5 Å². The number of carbonyl (C=O) groups excluding carboxylic acids is 1. The molecule has 26 heavy (non-hydrogen) atoms. The second kappa shape index (κ2) is 7.44. The van der Waals surface area contributed by atoms with Gasteiger partial charge in [-0.15, -0.1) is 0 Å². The van der Waals surface area contributed by atoms with Gasteiger partial charge in [0.2, 0.25) is 15.9 Å². The van der Waals surface area contributed by atoms with E-state index in [4.69, 9.17) is 9.47 Å². The molecule has 0 N–H and O–H groups in total. The number of piperidine rings is 1. The van der Waals surface area contributed by atoms with Gasteiger partial charge < -0.3 is 14.4 Å². The van der Waals surface area contributed by atoms with Crippen molar-refractivity contribution in [2.45, 2.75) is 50.1 Å². The zero-order chi connectivity index (χ0) is 18.9. The lowest BCUT2D eigenvalue weighted by atomic mass is 9.97. The summed E-state index contributed by atoms with van der Waals surface area (Å²) in [5.74, 6) is 0.786. The van der Waals surface area contributed by atoms with Crippen LogP contribution in [0.3, 0.4) is 0 Å². The van der Waals surface area contributed by atoms with Crippen LogP contribution in [0.15, 0.2) is 23.1 Å². The molecular formula is C18H26N2O5S. The van der Waals surface area contributed by atoms with Crippen LogP contribution in [0.1, 0.15) is 33.1 Å². The van der Waals surface area contributed by atoms with E-state index in [0.29, 0.717) is 24.7 Å². The van der Waals surface area contributed by atoms with E-state index in [1.807, 2.05) is 18.7 Å². The number of nitrogens with zero attached hydrogens (tertiary/aromatic N) is 2. The summed E-state index contributed by atoms with van der Waals surface area (Å²) in [6, 6.07) is 4.80. The molecule has 7 nitrogen and oxygen atoms in total. The van der Waals surface area contributed by atoms with Crippen LogP contribution in [-0.4, -0.2) is 62.4 Å². The number of likely N-dealkylation sites (N-methyl/N-ethyl adjacent to an activating group) is 1. The zero-order valence-electron chi connectivity index (χ0n) is 15.5. The van der Waals surface area contributed by atoms with E-state index in [-0.39, 0.29) is 29.4 Å². The normalized spacial score (nSPS) is 23.2. The summed E-state index contributed by atoms with van der Waals surface area (Å²) in [7, 11) is -2.36. The quantitative estimate of drug-likeness (QED) is 0.795. The molecule has 1 aromatic carbocycles. The van der Waals surface area contributed by atoms with Crippen LogP contribution in [0.2, 0.25) is 0 Å². The van der Waals surface area contributed by atoms with Gasteiger partial charge in [0.05, 0.1) is 11.4 Å². The summed E-state index contributed by atoms with van der Waals surface area (Å²) >= 11 is 0. The van der Waals surface area contributed by atoms with Crippen LogP contribution in [0.25, 0.3) is 0 Å². The molecule has 0 spiro atoms. The fraction of sp³-hybridized carbons (Fsp3) is 0.611. The molecule has 2 atom stereocenters. The molecule has 1 saturated heterocycles. The van der Waals surface area contributed by atoms with Crippen LogP contribution in [0.4, 0.5) is 0 Å². The highest BCUT2D eigenvalue weighted by molar-refractivity contribution is 7.89. The summed E-state index contributed by atoms with van der Waals surface area (Å²) in [6.45, 7) is 4.69. The predicted octanol–water partition coefficient (Wildman–Crippen LogP) is 1.87. The Hall–Kier alpha value is -1.80. The molecule has 8 heteroatoms. The molecule has 1 aromatic rings. The van der Waals surface area contributed by atoms with E-state index in [9.17, 15) is 13.2 Å². The number of fused-ring (bicyclic) bond motifs is 1. The van der Waals surface area contributed by atoms with Crippen molar-refractivity contribution in [3.8, 4) is 11.5 Å². The third kappa shape index (κ3) is 3.66. The van der Waals surface area contributed by atoms with Crippen molar-refractivity contribution in [1.29, 1.82) is 0 Å². The second-order valence-corrected chi connectivity index (χ2v) is 9.04. The number of likely N-dealkylation sites (tertiary alicyclic amines) is 1. The van der Waals surface area contributed by atoms with Gasteiger partial charge in [-0.2, -0.15) is 4.31 Å². The average Bonchev–Trinajstić information content (AvgIpc) is 2.61. The lowest BCUT2D eigenvalue weighted by Crippen LogP contribution is -2.51. The third-order valence-corrected chi connectivity index (χ3v) is 6.86. The number of benzene rings is 1. The Kier molecular flexibility index (Phi) is 5.43. The minimum Gasteiger partial charge on any atom is -0.486 e. The fourth-order valence-electron chi connectivity index (χ4n) is 3.63. The Morgan fingerprint density at radius 1 is 1.15 bits per heavy atom. The van der Waals surface area contributed by atoms with E-state index in [2.05, 4.69) is 0 Å². The van der Waals surface area contributed by atoms with Crippen LogP contribution >= 0.6 is 0 Å². The maximum absolute atomic E-state index is 12.9. The Bertz CT molecular complexity index is 770. The Morgan fingerprint density at radius 3 is 2.42 bits per heavy atom. The number of hydrogen-bond donors (Lipinski definition) is 0. The first-order valence-electron chi connectivity index (χ1n) is 8.98. The van der Waals surface area contributed by atoms with Crippen LogP contribution in [-0.2, 0) is 14.8 Å². The maximum Gasteiger partial charge on any atom is 0.243 e. The van der Waals surface area contributed by atoms with E-state index in [1.54, 1.807) is 6.07 Å². The summed E-state index contributed by atoms with van der Waals surface area (Å²) < 4.78 is 37.7. The molecule has 0 aliphatic carbocycles. The summed E-state index contributed by atoms with van der Waals surface area (Å²) in [5.41, 5.74) is 0. The van der Waals surface area contributed by atoms with Crippen molar-refractivity contribution in [1.82, 2.24) is 9.21 Å². The van der Waals surface area contributed by atoms with E-state index in [1.165, 1.54) is 19.2 Å². The molecule has 0 saturated carbocycles. The molecule has 0 radical (unpaired) electrons. The first kappa shape index (κ1) is 19.0. The largest absolute Gasteiger partial charge is 0.486 e. The summed E-state index contributed by atoms with van der Waals surface area (Å²) in [6.07, 6.45) is 3.00. The van der Waals surface area contributed by atoms with Gasteiger partial charge in [-0.05, 0) is 45.2 Å². The molecule has 0 aromatic heterocycles. The number of amides is 1. The number of hydrogen-bond acceptors (Lipinski definition) is 5. The number of rotatable bonds is 4. The molecule has 0 unspecified atom stereocenters. The van der Waals surface area contributed by atoms with Crippen LogP contribution < -0.4 is 9.47 Å². The van der Waals surface area contributed by atoms with Crippen molar-refractivity contribution in [3.05, 3.63) is 18.2 Å². The van der Waals surface area contributed by atoms with Gasteiger partial charge in [-0.25, -0.2) is 8.42 Å². The van der Waals surface area contributed by atoms with Gasteiger partial charge in [-0.3, -0.25) is 4.79 Å². The summed E-state index contributed by atoms with van der Waals surface area (Å²) in [5, 5.41) is 0. The molecule has 3 rings (SSSR count). The highest BCUT2D eigenvalue weighted by atomic mass is 32.2. The predicted molar refractivity (Wildman–Crippen MR) is 96.9 cm³/mol. The first-order chi connectivity index (χ1) is 12.3. The molecule has 1 fully saturated rings. The number of carbonyl (C=O) groups is 1. The SMILES string of the molecule is C[C@@H]1CCC[C@@H](C)N1C(=O)CN(C)S(=O)(=O)c1ccc2c(c1)OCCO2. The molecule has 2 heterocycles. The van der Waals surface area contributed by atoms with E-state index < -0.39 is 10.0 Å². The Labute approximate surface area is 154 Å². The second-order valence-electron chi connectivity index (χ2n) is 7.00. The van der Waals surface area contributed by atoms with Crippen LogP contribution in [0, 0.1) is 0 Å². The van der Waals surface area contributed by atoms with Gasteiger partial charge in [0.1, 0.15) is 13.2 Å². The van der Waals surface area contributed by atoms with Gasteiger partial charge in [-0.1, -0.05) is 0 Å². The fourth-order valence-corrected chi connectivity index (χ4v) is 4.77. The van der Waals surface area contributed by atoms with Gasteiger partial charge >= 0.3 is 0 Å². The average molecular weight is 382 g/mol. The Balaban J connectivity index is 1.75. The molecular weight excluding hydrogens is 356 g/mol. The first-order valence-corrected chi connectivity index (χ1v) is 10.4. The molecule has 144 valence electrons.